The van der Waals surface area contributed by atoms with Crippen molar-refractivity contribution < 1.29 is 28.3 Å². The van der Waals surface area contributed by atoms with Gasteiger partial charge in [-0.2, -0.15) is 0 Å². The third kappa shape index (κ3) is 7.69. The minimum Gasteiger partial charge on any atom is -0.481 e. The van der Waals surface area contributed by atoms with Gasteiger partial charge in [0.2, 0.25) is 5.91 Å². The number of carboxylic acid groups (broad SMARTS) is 1. The highest BCUT2D eigenvalue weighted by Crippen LogP contribution is 2.28. The molecule has 11 heteroatoms. The molecule has 2 saturated heterocycles. The van der Waals surface area contributed by atoms with E-state index in [2.05, 4.69) is 10.2 Å². The molecule has 1 atom stereocenters. The molecular formula is C32H41F2N5O4. The topological polar surface area (TPSA) is 117 Å². The number of benzene rings is 2. The number of hydrogen-bond acceptors (Lipinski definition) is 5. The van der Waals surface area contributed by atoms with E-state index in [0.29, 0.717) is 64.1 Å². The summed E-state index contributed by atoms with van der Waals surface area (Å²) >= 11 is 0. The number of hydrogen-bond donors (Lipinski definition) is 3. The van der Waals surface area contributed by atoms with Crippen molar-refractivity contribution >= 4 is 29.3 Å². The molecule has 2 aliphatic heterocycles. The van der Waals surface area contributed by atoms with Crippen molar-refractivity contribution in [3.8, 4) is 0 Å². The van der Waals surface area contributed by atoms with Gasteiger partial charge in [0, 0.05) is 62.5 Å². The van der Waals surface area contributed by atoms with Gasteiger partial charge in [0.05, 0.1) is 11.5 Å². The summed E-state index contributed by atoms with van der Waals surface area (Å²) in [5.41, 5.74) is 0.131. The van der Waals surface area contributed by atoms with Gasteiger partial charge in [0.15, 0.2) is 0 Å². The zero-order chi connectivity index (χ0) is 31.3. The zero-order valence-electron chi connectivity index (χ0n) is 25.0. The highest BCUT2D eigenvalue weighted by atomic mass is 19.1. The molecule has 0 saturated carbocycles. The maximum absolute atomic E-state index is 15.2. The third-order valence-electron chi connectivity index (χ3n) is 8.68. The second-order valence-electron chi connectivity index (χ2n) is 12.0. The highest BCUT2D eigenvalue weighted by Gasteiger charge is 2.39. The van der Waals surface area contributed by atoms with E-state index in [-0.39, 0.29) is 35.5 Å². The van der Waals surface area contributed by atoms with Crippen LogP contribution in [0.1, 0.15) is 62.4 Å². The van der Waals surface area contributed by atoms with Gasteiger partial charge in [0.25, 0.3) is 5.91 Å². The Balaban J connectivity index is 1.35. The quantitative estimate of drug-likeness (QED) is 0.292. The summed E-state index contributed by atoms with van der Waals surface area (Å²) in [7, 11) is 0. The molecule has 232 valence electrons. The number of amides is 2. The van der Waals surface area contributed by atoms with Gasteiger partial charge in [-0.1, -0.05) is 13.0 Å². The fourth-order valence-electron chi connectivity index (χ4n) is 6.13. The average molecular weight is 598 g/mol. The van der Waals surface area contributed by atoms with Crippen molar-refractivity contribution in [1.29, 1.82) is 5.41 Å². The van der Waals surface area contributed by atoms with Crippen LogP contribution in [0.25, 0.3) is 0 Å². The van der Waals surface area contributed by atoms with E-state index < -0.39 is 29.2 Å². The molecule has 2 aromatic carbocycles. The first-order valence-electron chi connectivity index (χ1n) is 14.9. The SMILES string of the molecule is CCC(C(=O)N1CCC(CC(=O)O)CC1)C(C)(C)NC(=O)c1ccc(C(=N)N2CCN(c3ccc(F)cc3)CC2)cc1F. The van der Waals surface area contributed by atoms with Crippen molar-refractivity contribution in [2.24, 2.45) is 11.8 Å². The van der Waals surface area contributed by atoms with E-state index in [4.69, 9.17) is 10.5 Å². The van der Waals surface area contributed by atoms with Gasteiger partial charge in [-0.05, 0) is 75.4 Å². The monoisotopic (exact) mass is 597 g/mol. The molecule has 2 aromatic rings. The number of aliphatic carboxylic acids is 1. The molecule has 43 heavy (non-hydrogen) atoms. The molecule has 0 aromatic heterocycles. The number of carbonyl (C=O) groups is 3. The molecule has 2 aliphatic rings. The van der Waals surface area contributed by atoms with Crippen molar-refractivity contribution in [2.75, 3.05) is 44.2 Å². The molecule has 4 rings (SSSR count). The van der Waals surface area contributed by atoms with Gasteiger partial charge in [-0.25, -0.2) is 8.78 Å². The second-order valence-corrected chi connectivity index (χ2v) is 12.0. The van der Waals surface area contributed by atoms with Crippen molar-refractivity contribution in [2.45, 2.75) is 52.0 Å². The highest BCUT2D eigenvalue weighted by molar-refractivity contribution is 5.99. The molecule has 0 aliphatic carbocycles. The summed E-state index contributed by atoms with van der Waals surface area (Å²) in [6.45, 7) is 8.65. The number of halogens is 2. The first kappa shape index (κ1) is 31.9. The maximum Gasteiger partial charge on any atom is 0.303 e. The van der Waals surface area contributed by atoms with Gasteiger partial charge in [0.1, 0.15) is 17.5 Å². The summed E-state index contributed by atoms with van der Waals surface area (Å²) in [5, 5.41) is 20.5. The number of piperazine rings is 1. The Morgan fingerprint density at radius 1 is 0.977 bits per heavy atom. The predicted molar refractivity (Wildman–Crippen MR) is 160 cm³/mol. The molecule has 2 heterocycles. The summed E-state index contributed by atoms with van der Waals surface area (Å²) in [4.78, 5) is 43.3. The minimum atomic E-state index is -0.969. The third-order valence-corrected chi connectivity index (χ3v) is 8.68. The van der Waals surface area contributed by atoms with Crippen LogP contribution < -0.4 is 10.2 Å². The molecule has 0 bridgehead atoms. The van der Waals surface area contributed by atoms with Crippen LogP contribution in [0, 0.1) is 28.9 Å². The minimum absolute atomic E-state index is 0.0489. The fourth-order valence-corrected chi connectivity index (χ4v) is 6.13. The summed E-state index contributed by atoms with van der Waals surface area (Å²) in [6.07, 6.45) is 1.81. The molecule has 0 spiro atoms. The number of likely N-dealkylation sites (tertiary alicyclic amines) is 1. The van der Waals surface area contributed by atoms with Crippen molar-refractivity contribution in [3.05, 3.63) is 65.2 Å². The van der Waals surface area contributed by atoms with Crippen LogP contribution >= 0.6 is 0 Å². The predicted octanol–water partition coefficient (Wildman–Crippen LogP) is 4.36. The van der Waals surface area contributed by atoms with Crippen LogP contribution in [-0.4, -0.2) is 83.3 Å². The van der Waals surface area contributed by atoms with E-state index in [0.717, 1.165) is 5.69 Å². The summed E-state index contributed by atoms with van der Waals surface area (Å²) in [6, 6.07) is 10.4. The number of carboxylic acids is 1. The number of nitrogens with one attached hydrogen (secondary N) is 2. The van der Waals surface area contributed by atoms with Gasteiger partial charge >= 0.3 is 5.97 Å². The lowest BCUT2D eigenvalue weighted by atomic mass is 9.82. The fraction of sp³-hybridized carbons (Fsp3) is 0.500. The maximum atomic E-state index is 15.2. The molecule has 0 radical (unpaired) electrons. The van der Waals surface area contributed by atoms with Crippen LogP contribution in [0.4, 0.5) is 14.5 Å². The number of nitrogens with zero attached hydrogens (tertiary/aromatic N) is 3. The van der Waals surface area contributed by atoms with Crippen LogP contribution in [0.15, 0.2) is 42.5 Å². The Hall–Kier alpha value is -4.02. The lowest BCUT2D eigenvalue weighted by Crippen LogP contribution is -2.55. The number of carbonyl (C=O) groups excluding carboxylic acids is 2. The summed E-state index contributed by atoms with van der Waals surface area (Å²) in [5.74, 6) is -2.96. The molecule has 1 unspecified atom stereocenters. The average Bonchev–Trinajstić information content (AvgIpc) is 2.97. The van der Waals surface area contributed by atoms with E-state index in [9.17, 15) is 18.8 Å². The Bertz CT molecular complexity index is 1330. The number of amidine groups is 1. The second kappa shape index (κ2) is 13.5. The number of rotatable bonds is 9. The van der Waals surface area contributed by atoms with Gasteiger partial charge in [-0.3, -0.25) is 19.8 Å². The molecule has 9 nitrogen and oxygen atoms in total. The van der Waals surface area contributed by atoms with Crippen LogP contribution in [0.3, 0.4) is 0 Å². The normalized spacial score (nSPS) is 17.0. The van der Waals surface area contributed by atoms with Crippen LogP contribution in [0.2, 0.25) is 0 Å². The largest absolute Gasteiger partial charge is 0.481 e. The lowest BCUT2D eigenvalue weighted by Gasteiger charge is -2.39. The number of anilines is 1. The number of piperidine rings is 1. The standard InChI is InChI=1S/C32H41F2N5O4/c1-4-26(31(43)39-13-11-21(12-14-39)19-28(40)41)32(2,3)36-30(42)25-10-5-22(20-27(25)34)29(35)38-17-15-37(16-18-38)24-8-6-23(33)7-9-24/h5-10,20-21,26,35H,4,11-19H2,1-3H3,(H,36,42)(H,40,41). The first-order valence-corrected chi connectivity index (χ1v) is 14.9. The zero-order valence-corrected chi connectivity index (χ0v) is 25.0. The van der Waals surface area contributed by atoms with Crippen molar-refractivity contribution in [3.63, 3.8) is 0 Å². The van der Waals surface area contributed by atoms with E-state index >= 15 is 4.39 Å². The lowest BCUT2D eigenvalue weighted by molar-refractivity contribution is -0.140. The van der Waals surface area contributed by atoms with Crippen LogP contribution in [-0.2, 0) is 9.59 Å². The van der Waals surface area contributed by atoms with Crippen LogP contribution in [0.5, 0.6) is 0 Å². The molecule has 2 amide bonds. The first-order chi connectivity index (χ1) is 20.4. The molecule has 3 N–H and O–H groups in total. The van der Waals surface area contributed by atoms with E-state index in [1.807, 2.05) is 11.8 Å². The smallest absolute Gasteiger partial charge is 0.303 e. The Morgan fingerprint density at radius 2 is 1.60 bits per heavy atom. The van der Waals surface area contributed by atoms with E-state index in [1.165, 1.54) is 24.3 Å². The van der Waals surface area contributed by atoms with E-state index in [1.54, 1.807) is 36.9 Å². The summed E-state index contributed by atoms with van der Waals surface area (Å²) < 4.78 is 28.5. The van der Waals surface area contributed by atoms with Gasteiger partial charge < -0.3 is 25.1 Å². The van der Waals surface area contributed by atoms with Gasteiger partial charge in [-0.15, -0.1) is 0 Å². The Labute approximate surface area is 251 Å². The van der Waals surface area contributed by atoms with Crippen molar-refractivity contribution in [1.82, 2.24) is 15.1 Å². The molecular weight excluding hydrogens is 556 g/mol. The Morgan fingerprint density at radius 3 is 2.16 bits per heavy atom. The Kier molecular flexibility index (Phi) is 10.0. The molecule has 2 fully saturated rings.